The van der Waals surface area contributed by atoms with Crippen LogP contribution in [0, 0.1) is 0 Å². The maximum Gasteiger partial charge on any atom is 0.138 e. The first-order valence-electron chi connectivity index (χ1n) is 14.7. The van der Waals surface area contributed by atoms with E-state index in [4.69, 9.17) is 14.7 Å². The van der Waals surface area contributed by atoms with E-state index in [1.54, 1.807) is 0 Å². The van der Waals surface area contributed by atoms with Crippen LogP contribution in [0.3, 0.4) is 0 Å². The van der Waals surface area contributed by atoms with Crippen molar-refractivity contribution in [1.82, 2.24) is 29.7 Å². The van der Waals surface area contributed by atoms with Crippen molar-refractivity contribution in [2.45, 2.75) is 6.92 Å². The van der Waals surface area contributed by atoms with E-state index in [0.717, 1.165) is 103 Å². The minimum atomic E-state index is 0.589. The number of H-pyrrole nitrogens is 2. The summed E-state index contributed by atoms with van der Waals surface area (Å²) in [5.41, 5.74) is 8.43. The molecule has 7 rings (SSSR count). The van der Waals surface area contributed by atoms with Gasteiger partial charge in [-0.3, -0.25) is 0 Å². The Morgan fingerprint density at radius 2 is 1.10 bits per heavy atom. The molecular weight excluding hydrogens is 512 g/mol. The Labute approximate surface area is 240 Å². The van der Waals surface area contributed by atoms with Crippen molar-refractivity contribution >= 4 is 33.4 Å². The molecule has 0 radical (unpaired) electrons. The second-order valence-electron chi connectivity index (χ2n) is 11.3. The number of nitrogens with zero attached hydrogens (tertiary/aromatic N) is 6. The summed E-state index contributed by atoms with van der Waals surface area (Å²) in [6.07, 6.45) is 0. The fourth-order valence-electron chi connectivity index (χ4n) is 5.91. The Morgan fingerprint density at radius 3 is 1.54 bits per heavy atom. The minimum absolute atomic E-state index is 0.589. The number of anilines is 2. The first kappa shape index (κ1) is 25.9. The highest BCUT2D eigenvalue weighted by Crippen LogP contribution is 2.33. The molecule has 2 fully saturated rings. The molecular formula is C32H38N8O. The molecule has 2 saturated heterocycles. The molecule has 2 N–H and O–H groups in total. The van der Waals surface area contributed by atoms with Crippen molar-refractivity contribution < 1.29 is 4.74 Å². The molecule has 0 bridgehead atoms. The molecule has 2 aromatic heterocycles. The zero-order chi connectivity index (χ0) is 27.9. The Bertz CT molecular complexity index is 1560. The van der Waals surface area contributed by atoms with Crippen LogP contribution in [0.4, 0.5) is 11.4 Å². The number of rotatable bonds is 6. The molecule has 3 aromatic carbocycles. The van der Waals surface area contributed by atoms with Crippen LogP contribution in [-0.4, -0.2) is 103 Å². The lowest BCUT2D eigenvalue weighted by Crippen LogP contribution is -2.44. The number of likely N-dealkylation sites (N-methyl/N-ethyl adjacent to an activating group) is 2. The Hall–Kier alpha value is -4.08. The van der Waals surface area contributed by atoms with Gasteiger partial charge in [0, 0.05) is 74.9 Å². The first-order valence-corrected chi connectivity index (χ1v) is 14.7. The lowest BCUT2D eigenvalue weighted by Gasteiger charge is -2.34. The monoisotopic (exact) mass is 550 g/mol. The summed E-state index contributed by atoms with van der Waals surface area (Å²) < 4.78 is 5.99. The van der Waals surface area contributed by atoms with Crippen molar-refractivity contribution in [3.8, 4) is 28.5 Å². The van der Waals surface area contributed by atoms with Gasteiger partial charge in [0.05, 0.1) is 28.7 Å². The second-order valence-corrected chi connectivity index (χ2v) is 11.3. The number of fused-ring (bicyclic) bond motifs is 2. The molecule has 9 heteroatoms. The SMILES string of the molecule is CCOc1cc(-c2nc3ccc(N4CCN(C)CC4)cc3[nH]2)cc(-c2nc3ccc(N4CCN(C)CC4)cc3[nH]2)c1. The summed E-state index contributed by atoms with van der Waals surface area (Å²) in [6.45, 7) is 11.1. The third-order valence-electron chi connectivity index (χ3n) is 8.43. The molecule has 0 aliphatic carbocycles. The van der Waals surface area contributed by atoms with Gasteiger partial charge in [-0.2, -0.15) is 0 Å². The fraction of sp³-hybridized carbons (Fsp3) is 0.375. The summed E-state index contributed by atoms with van der Waals surface area (Å²) in [5, 5.41) is 0. The Balaban J connectivity index is 1.21. The lowest BCUT2D eigenvalue weighted by molar-refractivity contribution is 0.313. The standard InChI is InChI=1S/C32H38N8O/c1-4-41-26-18-22(31-33-27-7-5-24(20-29(27)35-31)39-13-9-37(2)10-14-39)17-23(19-26)32-34-28-8-6-25(21-30(28)36-32)40-15-11-38(3)12-16-40/h5-8,17-21H,4,9-16H2,1-3H3,(H,33,35)(H,34,36). The summed E-state index contributed by atoms with van der Waals surface area (Å²) >= 11 is 0. The van der Waals surface area contributed by atoms with Gasteiger partial charge in [0.15, 0.2) is 0 Å². The molecule has 212 valence electrons. The van der Waals surface area contributed by atoms with E-state index in [1.807, 2.05) is 6.92 Å². The van der Waals surface area contributed by atoms with Crippen LogP contribution in [0.1, 0.15) is 6.92 Å². The summed E-state index contributed by atoms with van der Waals surface area (Å²) in [6, 6.07) is 19.3. The highest BCUT2D eigenvalue weighted by molar-refractivity contribution is 5.86. The number of hydrogen-bond donors (Lipinski definition) is 2. The second kappa shape index (κ2) is 10.7. The molecule has 41 heavy (non-hydrogen) atoms. The molecule has 0 amide bonds. The van der Waals surface area contributed by atoms with Crippen LogP contribution >= 0.6 is 0 Å². The van der Waals surface area contributed by atoms with Gasteiger partial charge in [-0.05, 0) is 75.6 Å². The van der Waals surface area contributed by atoms with Crippen molar-refractivity contribution in [2.24, 2.45) is 0 Å². The molecule has 0 atom stereocenters. The maximum absolute atomic E-state index is 5.99. The van der Waals surface area contributed by atoms with E-state index in [0.29, 0.717) is 6.61 Å². The van der Waals surface area contributed by atoms with Crippen LogP contribution in [0.25, 0.3) is 44.8 Å². The number of hydrogen-bond acceptors (Lipinski definition) is 7. The molecule has 5 aromatic rings. The number of nitrogens with one attached hydrogen (secondary N) is 2. The zero-order valence-corrected chi connectivity index (χ0v) is 24.2. The van der Waals surface area contributed by atoms with E-state index in [-0.39, 0.29) is 0 Å². The summed E-state index contributed by atoms with van der Waals surface area (Å²) in [4.78, 5) is 26.7. The van der Waals surface area contributed by atoms with Crippen LogP contribution < -0.4 is 14.5 Å². The van der Waals surface area contributed by atoms with Crippen molar-refractivity contribution in [1.29, 1.82) is 0 Å². The Kier molecular flexibility index (Phi) is 6.76. The van der Waals surface area contributed by atoms with Crippen LogP contribution in [0.2, 0.25) is 0 Å². The third-order valence-corrected chi connectivity index (χ3v) is 8.43. The van der Waals surface area contributed by atoms with E-state index in [1.165, 1.54) is 11.4 Å². The number of ether oxygens (including phenoxy) is 1. The first-order chi connectivity index (χ1) is 20.0. The number of piperazine rings is 2. The average Bonchev–Trinajstić information content (AvgIpc) is 3.62. The van der Waals surface area contributed by atoms with E-state index in [9.17, 15) is 0 Å². The number of benzene rings is 3. The van der Waals surface area contributed by atoms with Crippen molar-refractivity contribution in [3.63, 3.8) is 0 Å². The molecule has 2 aliphatic rings. The maximum atomic E-state index is 5.99. The van der Waals surface area contributed by atoms with Gasteiger partial charge in [-0.15, -0.1) is 0 Å². The van der Waals surface area contributed by atoms with Crippen molar-refractivity contribution in [2.75, 3.05) is 82.9 Å². The topological polar surface area (TPSA) is 79.6 Å². The lowest BCUT2D eigenvalue weighted by atomic mass is 10.1. The molecule has 4 heterocycles. The van der Waals surface area contributed by atoms with E-state index >= 15 is 0 Å². The normalized spacial score (nSPS) is 17.1. The molecule has 9 nitrogen and oxygen atoms in total. The summed E-state index contributed by atoms with van der Waals surface area (Å²) in [5.74, 6) is 2.45. The van der Waals surface area contributed by atoms with E-state index in [2.05, 4.69) is 98.3 Å². The molecule has 0 spiro atoms. The predicted molar refractivity (Wildman–Crippen MR) is 167 cm³/mol. The third kappa shape index (κ3) is 5.23. The fourth-order valence-corrected chi connectivity index (χ4v) is 5.91. The molecule has 2 aliphatic heterocycles. The zero-order valence-electron chi connectivity index (χ0n) is 24.2. The number of aromatic nitrogens is 4. The number of aromatic amines is 2. The predicted octanol–water partition coefficient (Wildman–Crippen LogP) is 4.68. The van der Waals surface area contributed by atoms with Gasteiger partial charge < -0.3 is 34.3 Å². The smallest absolute Gasteiger partial charge is 0.138 e. The van der Waals surface area contributed by atoms with Gasteiger partial charge in [0.2, 0.25) is 0 Å². The van der Waals surface area contributed by atoms with Gasteiger partial charge in [0.25, 0.3) is 0 Å². The quantitative estimate of drug-likeness (QED) is 0.318. The van der Waals surface area contributed by atoms with Crippen molar-refractivity contribution in [3.05, 3.63) is 54.6 Å². The minimum Gasteiger partial charge on any atom is -0.494 e. The van der Waals surface area contributed by atoms with E-state index < -0.39 is 0 Å². The van der Waals surface area contributed by atoms with Crippen LogP contribution in [0.5, 0.6) is 5.75 Å². The molecule has 0 saturated carbocycles. The highest BCUT2D eigenvalue weighted by Gasteiger charge is 2.18. The van der Waals surface area contributed by atoms with Gasteiger partial charge in [-0.1, -0.05) is 0 Å². The van der Waals surface area contributed by atoms with Gasteiger partial charge in [0.1, 0.15) is 17.4 Å². The van der Waals surface area contributed by atoms with Crippen LogP contribution in [-0.2, 0) is 0 Å². The van der Waals surface area contributed by atoms with Crippen LogP contribution in [0.15, 0.2) is 54.6 Å². The molecule has 0 unspecified atom stereocenters. The average molecular weight is 551 g/mol. The summed E-state index contributed by atoms with van der Waals surface area (Å²) in [7, 11) is 4.37. The highest BCUT2D eigenvalue weighted by atomic mass is 16.5. The number of imidazole rings is 2. The Morgan fingerprint density at radius 1 is 0.634 bits per heavy atom. The largest absolute Gasteiger partial charge is 0.494 e. The van der Waals surface area contributed by atoms with Gasteiger partial charge in [-0.25, -0.2) is 9.97 Å². The van der Waals surface area contributed by atoms with Gasteiger partial charge >= 0.3 is 0 Å².